The third kappa shape index (κ3) is 3.44. The number of hydrogen-bond donors (Lipinski definition) is 1. The summed E-state index contributed by atoms with van der Waals surface area (Å²) in [6.45, 7) is 2.13. The molecule has 0 aliphatic carbocycles. The number of aryl methyl sites for hydroxylation is 1. The molecule has 29 heavy (non-hydrogen) atoms. The molecule has 0 bridgehead atoms. The molecular weight excluding hydrogens is 372 g/mol. The Morgan fingerprint density at radius 1 is 1.21 bits per heavy atom. The first kappa shape index (κ1) is 18.7. The Morgan fingerprint density at radius 2 is 2.00 bits per heavy atom. The summed E-state index contributed by atoms with van der Waals surface area (Å²) in [5, 5.41) is 0.406. The smallest absolute Gasteiger partial charge is 0.280 e. The van der Waals surface area contributed by atoms with Crippen molar-refractivity contribution in [2.75, 3.05) is 24.0 Å². The molecule has 1 atom stereocenters. The molecule has 148 valence electrons. The highest BCUT2D eigenvalue weighted by Gasteiger charge is 2.36. The number of anilines is 1. The molecule has 8 heteroatoms. The van der Waals surface area contributed by atoms with E-state index in [1.54, 1.807) is 35.2 Å². The number of aromatic nitrogens is 2. The Morgan fingerprint density at radius 3 is 2.79 bits per heavy atom. The minimum Gasteiger partial charge on any atom is -0.495 e. The molecule has 1 aliphatic rings. The lowest BCUT2D eigenvalue weighted by molar-refractivity contribution is -0.123. The fourth-order valence-corrected chi connectivity index (χ4v) is 3.49. The van der Waals surface area contributed by atoms with Crippen molar-refractivity contribution < 1.29 is 14.3 Å². The van der Waals surface area contributed by atoms with E-state index in [2.05, 4.69) is 10.4 Å². The van der Waals surface area contributed by atoms with Crippen LogP contribution in [0, 0.1) is 12.8 Å². The summed E-state index contributed by atoms with van der Waals surface area (Å²) in [7, 11) is 1.54. The molecule has 1 aromatic heterocycles. The molecular formula is C21H20N4O4. The maximum Gasteiger partial charge on any atom is 0.280 e. The van der Waals surface area contributed by atoms with Crippen LogP contribution >= 0.6 is 0 Å². The minimum atomic E-state index is -0.592. The van der Waals surface area contributed by atoms with E-state index >= 15 is 0 Å². The Hall–Kier alpha value is -3.68. The van der Waals surface area contributed by atoms with Crippen LogP contribution < -0.4 is 20.6 Å². The highest BCUT2D eigenvalue weighted by atomic mass is 16.5. The van der Waals surface area contributed by atoms with Gasteiger partial charge in [0, 0.05) is 13.0 Å². The molecule has 3 aromatic rings. The summed E-state index contributed by atoms with van der Waals surface area (Å²) in [5.74, 6) is -0.601. The van der Waals surface area contributed by atoms with Gasteiger partial charge in [-0.3, -0.25) is 19.8 Å². The first-order valence-corrected chi connectivity index (χ1v) is 9.20. The molecule has 4 rings (SSSR count). The summed E-state index contributed by atoms with van der Waals surface area (Å²) in [6, 6.07) is 12.5. The topological polar surface area (TPSA) is 93.5 Å². The third-order valence-corrected chi connectivity index (χ3v) is 5.02. The lowest BCUT2D eigenvalue weighted by Crippen LogP contribution is -2.37. The largest absolute Gasteiger partial charge is 0.495 e. The van der Waals surface area contributed by atoms with Crippen molar-refractivity contribution in [2.24, 2.45) is 5.92 Å². The lowest BCUT2D eigenvalue weighted by atomic mass is 10.1. The maximum absolute atomic E-state index is 12.7. The predicted molar refractivity (Wildman–Crippen MR) is 109 cm³/mol. The van der Waals surface area contributed by atoms with E-state index in [1.807, 2.05) is 19.1 Å². The summed E-state index contributed by atoms with van der Waals surface area (Å²) < 4.78 is 6.42. The Kier molecular flexibility index (Phi) is 4.75. The zero-order chi connectivity index (χ0) is 20.5. The van der Waals surface area contributed by atoms with Gasteiger partial charge in [-0.15, -0.1) is 0 Å². The molecule has 2 amide bonds. The van der Waals surface area contributed by atoms with E-state index in [-0.39, 0.29) is 24.4 Å². The van der Waals surface area contributed by atoms with Crippen LogP contribution in [0.5, 0.6) is 5.75 Å². The van der Waals surface area contributed by atoms with Gasteiger partial charge in [-0.2, -0.15) is 0 Å². The second kappa shape index (κ2) is 7.38. The average molecular weight is 392 g/mol. The fourth-order valence-electron chi connectivity index (χ4n) is 3.49. The third-order valence-electron chi connectivity index (χ3n) is 5.02. The van der Waals surface area contributed by atoms with Crippen LogP contribution in [-0.4, -0.2) is 35.1 Å². The first-order chi connectivity index (χ1) is 14.0. The quantitative estimate of drug-likeness (QED) is 0.731. The van der Waals surface area contributed by atoms with Gasteiger partial charge in [0.15, 0.2) is 0 Å². The molecule has 2 aromatic carbocycles. The number of nitrogens with zero attached hydrogens (tertiary/aromatic N) is 3. The van der Waals surface area contributed by atoms with E-state index in [0.717, 1.165) is 10.2 Å². The van der Waals surface area contributed by atoms with Gasteiger partial charge in [0.25, 0.3) is 5.56 Å². The molecule has 2 heterocycles. The monoisotopic (exact) mass is 392 g/mol. The fraction of sp³-hybridized carbons (Fsp3) is 0.238. The van der Waals surface area contributed by atoms with Crippen molar-refractivity contribution in [1.29, 1.82) is 0 Å². The number of para-hydroxylation sites is 1. The average Bonchev–Trinajstić information content (AvgIpc) is 3.12. The molecule has 0 unspecified atom stereocenters. The second-order valence-corrected chi connectivity index (χ2v) is 6.99. The van der Waals surface area contributed by atoms with Crippen molar-refractivity contribution in [3.63, 3.8) is 0 Å². The minimum absolute atomic E-state index is 0.0543. The lowest BCUT2D eigenvalue weighted by Gasteiger charge is -2.20. The van der Waals surface area contributed by atoms with Gasteiger partial charge >= 0.3 is 0 Å². The molecule has 0 saturated carbocycles. The molecule has 1 N–H and O–H groups in total. The van der Waals surface area contributed by atoms with Crippen LogP contribution in [0.15, 0.2) is 53.6 Å². The highest BCUT2D eigenvalue weighted by Crippen LogP contribution is 2.34. The van der Waals surface area contributed by atoms with Crippen molar-refractivity contribution in [1.82, 2.24) is 9.66 Å². The molecule has 0 spiro atoms. The molecule has 0 radical (unpaired) electrons. The normalized spacial score (nSPS) is 16.3. The summed E-state index contributed by atoms with van der Waals surface area (Å²) in [4.78, 5) is 43.6. The van der Waals surface area contributed by atoms with Gasteiger partial charge in [-0.05, 0) is 36.8 Å². The van der Waals surface area contributed by atoms with E-state index in [9.17, 15) is 14.4 Å². The van der Waals surface area contributed by atoms with E-state index in [4.69, 9.17) is 4.74 Å². The van der Waals surface area contributed by atoms with E-state index in [0.29, 0.717) is 22.3 Å². The molecule has 1 saturated heterocycles. The molecule has 1 fully saturated rings. The number of hydrogen-bond acceptors (Lipinski definition) is 5. The molecule has 8 nitrogen and oxygen atoms in total. The SMILES string of the molecule is COc1ccc(C)cc1N1C[C@@H](C(=O)Nn2cnc3ccccc3c2=O)CC1=O. The number of amides is 2. The number of ether oxygens (including phenoxy) is 1. The van der Waals surface area contributed by atoms with Crippen molar-refractivity contribution >= 4 is 28.4 Å². The number of rotatable bonds is 4. The van der Waals surface area contributed by atoms with Gasteiger partial charge < -0.3 is 9.64 Å². The summed E-state index contributed by atoms with van der Waals surface area (Å²) >= 11 is 0. The van der Waals surface area contributed by atoms with Gasteiger partial charge in [0.2, 0.25) is 11.8 Å². The van der Waals surface area contributed by atoms with Crippen LogP contribution in [-0.2, 0) is 9.59 Å². The Balaban J connectivity index is 1.56. The standard InChI is InChI=1S/C21H20N4O4/c1-13-7-8-18(29-2)17(9-13)24-11-14(10-19(24)26)20(27)23-25-12-22-16-6-4-3-5-15(16)21(25)28/h3-9,12,14H,10-11H2,1-2H3,(H,23,27)/t14-/m0/s1. The summed E-state index contributed by atoms with van der Waals surface area (Å²) in [6.07, 6.45) is 1.33. The zero-order valence-corrected chi connectivity index (χ0v) is 16.1. The Bertz CT molecular complexity index is 1170. The van der Waals surface area contributed by atoms with Crippen LogP contribution in [0.4, 0.5) is 5.69 Å². The van der Waals surface area contributed by atoms with Crippen LogP contribution in [0.1, 0.15) is 12.0 Å². The first-order valence-electron chi connectivity index (χ1n) is 9.20. The van der Waals surface area contributed by atoms with Crippen LogP contribution in [0.25, 0.3) is 10.9 Å². The zero-order valence-electron chi connectivity index (χ0n) is 16.1. The number of carbonyl (C=O) groups excluding carboxylic acids is 2. The van der Waals surface area contributed by atoms with Gasteiger partial charge in [-0.25, -0.2) is 9.66 Å². The van der Waals surface area contributed by atoms with E-state index in [1.165, 1.54) is 13.4 Å². The number of benzene rings is 2. The predicted octanol–water partition coefficient (Wildman–Crippen LogP) is 1.84. The number of fused-ring (bicyclic) bond motifs is 1. The summed E-state index contributed by atoms with van der Waals surface area (Å²) in [5.41, 5.74) is 4.37. The van der Waals surface area contributed by atoms with Gasteiger partial charge in [0.05, 0.1) is 29.6 Å². The van der Waals surface area contributed by atoms with Crippen molar-refractivity contribution in [3.05, 3.63) is 64.7 Å². The highest BCUT2D eigenvalue weighted by molar-refractivity contribution is 6.02. The maximum atomic E-state index is 12.7. The van der Waals surface area contributed by atoms with Gasteiger partial charge in [-0.1, -0.05) is 18.2 Å². The van der Waals surface area contributed by atoms with Crippen LogP contribution in [0.2, 0.25) is 0 Å². The number of nitrogens with one attached hydrogen (secondary N) is 1. The van der Waals surface area contributed by atoms with Crippen LogP contribution in [0.3, 0.4) is 0 Å². The number of methoxy groups -OCH3 is 1. The Labute approximate surface area is 166 Å². The van der Waals surface area contributed by atoms with E-state index < -0.39 is 11.8 Å². The number of carbonyl (C=O) groups is 2. The molecule has 1 aliphatic heterocycles. The van der Waals surface area contributed by atoms with Crippen molar-refractivity contribution in [3.8, 4) is 5.75 Å². The second-order valence-electron chi connectivity index (χ2n) is 6.99. The van der Waals surface area contributed by atoms with Crippen molar-refractivity contribution in [2.45, 2.75) is 13.3 Å². The van der Waals surface area contributed by atoms with Gasteiger partial charge in [0.1, 0.15) is 12.1 Å².